The minimum absolute atomic E-state index is 0.0447. The predicted octanol–water partition coefficient (Wildman–Crippen LogP) is 5.25. The molecule has 1 N–H and O–H groups in total. The van der Waals surface area contributed by atoms with Crippen LogP contribution in [0.4, 0.5) is 0 Å². The zero-order chi connectivity index (χ0) is 21.3. The average Bonchev–Trinajstić information content (AvgIpc) is 2.82. The summed E-state index contributed by atoms with van der Waals surface area (Å²) in [6.07, 6.45) is 0.337. The summed E-state index contributed by atoms with van der Waals surface area (Å²) in [7, 11) is 0. The minimum atomic E-state index is -0.0447. The van der Waals surface area contributed by atoms with Crippen molar-refractivity contribution >= 4 is 16.7 Å². The largest absolute Gasteiger partial charge is 0.480 e. The topological polar surface area (TPSA) is 38.3 Å². The van der Waals surface area contributed by atoms with E-state index in [1.165, 1.54) is 5.56 Å². The molecular weight excluding hydrogens is 382 g/mol. The van der Waals surface area contributed by atoms with Crippen LogP contribution in [0.15, 0.2) is 97.1 Å². The van der Waals surface area contributed by atoms with E-state index in [1.54, 1.807) is 0 Å². The van der Waals surface area contributed by atoms with Gasteiger partial charge in [0, 0.05) is 5.39 Å². The molecule has 31 heavy (non-hydrogen) atoms. The number of fused-ring (bicyclic) bond motifs is 1. The minimum Gasteiger partial charge on any atom is -0.480 e. The van der Waals surface area contributed by atoms with E-state index in [9.17, 15) is 4.79 Å². The molecule has 0 spiro atoms. The fraction of sp³-hybridized carbons (Fsp3) is 0.107. The lowest BCUT2D eigenvalue weighted by molar-refractivity contribution is -0.120. The van der Waals surface area contributed by atoms with E-state index in [0.717, 1.165) is 27.6 Å². The Morgan fingerprint density at radius 2 is 1.45 bits per heavy atom. The number of ether oxygens (including phenoxy) is 1. The number of hydrogen-bond donors (Lipinski definition) is 1. The van der Waals surface area contributed by atoms with E-state index in [2.05, 4.69) is 41.4 Å². The van der Waals surface area contributed by atoms with Crippen molar-refractivity contribution in [3.63, 3.8) is 0 Å². The van der Waals surface area contributed by atoms with Gasteiger partial charge in [0.25, 0.3) is 0 Å². The van der Waals surface area contributed by atoms with Crippen molar-refractivity contribution in [3.8, 4) is 28.7 Å². The highest BCUT2D eigenvalue weighted by Gasteiger charge is 2.03. The van der Waals surface area contributed by atoms with Crippen LogP contribution in [0.1, 0.15) is 5.56 Å². The van der Waals surface area contributed by atoms with Crippen LogP contribution in [-0.2, 0) is 11.2 Å². The van der Waals surface area contributed by atoms with Crippen LogP contribution < -0.4 is 10.1 Å². The maximum atomic E-state index is 12.2. The van der Waals surface area contributed by atoms with E-state index >= 15 is 0 Å². The number of nitrogens with one attached hydrogen (secondary N) is 1. The van der Waals surface area contributed by atoms with Crippen molar-refractivity contribution in [2.24, 2.45) is 0 Å². The highest BCUT2D eigenvalue weighted by molar-refractivity contribution is 5.88. The molecule has 0 saturated carbocycles. The maximum absolute atomic E-state index is 12.2. The van der Waals surface area contributed by atoms with E-state index in [-0.39, 0.29) is 12.5 Å². The smallest absolute Gasteiger partial charge is 0.225 e. The Morgan fingerprint density at radius 1 is 0.742 bits per heavy atom. The van der Waals surface area contributed by atoms with Gasteiger partial charge in [0.1, 0.15) is 12.4 Å². The Bertz CT molecular complexity index is 1210. The molecule has 0 aliphatic rings. The van der Waals surface area contributed by atoms with E-state index in [4.69, 9.17) is 4.74 Å². The lowest BCUT2D eigenvalue weighted by Crippen LogP contribution is -2.25. The van der Waals surface area contributed by atoms with Crippen molar-refractivity contribution in [2.45, 2.75) is 6.42 Å². The summed E-state index contributed by atoms with van der Waals surface area (Å²) in [4.78, 5) is 12.2. The second-order valence-electron chi connectivity index (χ2n) is 7.14. The summed E-state index contributed by atoms with van der Waals surface area (Å²) >= 11 is 0. The van der Waals surface area contributed by atoms with Gasteiger partial charge in [0.15, 0.2) is 0 Å². The standard InChI is InChI=1S/C28H23NO2/c30-28(21-22-15-17-24(18-16-22)23-9-2-1-3-10-23)29-19-6-7-20-31-27-14-8-12-25-11-4-5-13-26(25)27/h1-5,8-18H,19-21H2,(H,29,30). The first-order valence-electron chi connectivity index (χ1n) is 10.3. The summed E-state index contributed by atoms with van der Waals surface area (Å²) in [5, 5.41) is 5.04. The number of benzene rings is 4. The Morgan fingerprint density at radius 3 is 2.29 bits per heavy atom. The molecule has 1 amide bonds. The molecule has 3 nitrogen and oxygen atoms in total. The van der Waals surface area contributed by atoms with Gasteiger partial charge < -0.3 is 10.1 Å². The van der Waals surface area contributed by atoms with Gasteiger partial charge in [-0.15, -0.1) is 0 Å². The van der Waals surface area contributed by atoms with Crippen molar-refractivity contribution in [2.75, 3.05) is 13.2 Å². The van der Waals surface area contributed by atoms with Gasteiger partial charge in [-0.25, -0.2) is 0 Å². The molecule has 0 aromatic heterocycles. The van der Waals surface area contributed by atoms with E-state index in [1.807, 2.05) is 72.8 Å². The maximum Gasteiger partial charge on any atom is 0.225 e. The first-order valence-corrected chi connectivity index (χ1v) is 10.3. The van der Waals surface area contributed by atoms with Gasteiger partial charge in [0.2, 0.25) is 5.91 Å². The van der Waals surface area contributed by atoms with Gasteiger partial charge in [0.05, 0.1) is 13.0 Å². The van der Waals surface area contributed by atoms with Gasteiger partial charge in [-0.1, -0.05) is 103 Å². The highest BCUT2D eigenvalue weighted by atomic mass is 16.5. The molecule has 4 rings (SSSR count). The molecule has 0 aliphatic heterocycles. The summed E-state index contributed by atoms with van der Waals surface area (Å²) in [6, 6.07) is 32.3. The highest BCUT2D eigenvalue weighted by Crippen LogP contribution is 2.24. The van der Waals surface area contributed by atoms with E-state index < -0.39 is 0 Å². The Hall–Kier alpha value is -4.03. The molecule has 0 unspecified atom stereocenters. The van der Waals surface area contributed by atoms with Gasteiger partial charge in [-0.05, 0) is 28.1 Å². The third-order valence-corrected chi connectivity index (χ3v) is 4.97. The molecule has 0 heterocycles. The van der Waals surface area contributed by atoms with Crippen LogP contribution in [-0.4, -0.2) is 19.1 Å². The summed E-state index contributed by atoms with van der Waals surface area (Å²) < 4.78 is 5.78. The van der Waals surface area contributed by atoms with Crippen LogP contribution in [0.25, 0.3) is 21.9 Å². The Labute approximate surface area is 182 Å². The van der Waals surface area contributed by atoms with Gasteiger partial charge in [-0.2, -0.15) is 0 Å². The molecule has 4 aromatic carbocycles. The Balaban J connectivity index is 1.22. The van der Waals surface area contributed by atoms with Crippen molar-refractivity contribution < 1.29 is 9.53 Å². The lowest BCUT2D eigenvalue weighted by atomic mass is 10.0. The monoisotopic (exact) mass is 405 g/mol. The van der Waals surface area contributed by atoms with Crippen LogP contribution in [0.5, 0.6) is 5.75 Å². The quantitative estimate of drug-likeness (QED) is 0.445. The van der Waals surface area contributed by atoms with Crippen molar-refractivity contribution in [3.05, 3.63) is 103 Å². The van der Waals surface area contributed by atoms with Crippen LogP contribution in [0, 0.1) is 11.8 Å². The molecular formula is C28H23NO2. The predicted molar refractivity (Wildman–Crippen MR) is 126 cm³/mol. The first kappa shape index (κ1) is 20.3. The van der Waals surface area contributed by atoms with Gasteiger partial charge in [-0.3, -0.25) is 4.79 Å². The van der Waals surface area contributed by atoms with Crippen molar-refractivity contribution in [1.82, 2.24) is 5.32 Å². The van der Waals surface area contributed by atoms with E-state index in [0.29, 0.717) is 13.0 Å². The normalized spacial score (nSPS) is 10.2. The number of rotatable bonds is 6. The third-order valence-electron chi connectivity index (χ3n) is 4.97. The summed E-state index contributed by atoms with van der Waals surface area (Å²) in [5.74, 6) is 6.67. The van der Waals surface area contributed by atoms with Crippen LogP contribution in [0.2, 0.25) is 0 Å². The molecule has 152 valence electrons. The lowest BCUT2D eigenvalue weighted by Gasteiger charge is -2.06. The first-order chi connectivity index (χ1) is 15.3. The molecule has 0 saturated heterocycles. The van der Waals surface area contributed by atoms with Crippen LogP contribution in [0.3, 0.4) is 0 Å². The van der Waals surface area contributed by atoms with Crippen molar-refractivity contribution in [1.29, 1.82) is 0 Å². The zero-order valence-corrected chi connectivity index (χ0v) is 17.2. The summed E-state index contributed by atoms with van der Waals surface area (Å²) in [6.45, 7) is 0.588. The molecule has 0 fully saturated rings. The number of carbonyl (C=O) groups excluding carboxylic acids is 1. The Kier molecular flexibility index (Phi) is 6.62. The van der Waals surface area contributed by atoms with Crippen LogP contribution >= 0.6 is 0 Å². The molecule has 0 aliphatic carbocycles. The number of hydrogen-bond acceptors (Lipinski definition) is 2. The molecule has 3 heteroatoms. The second kappa shape index (κ2) is 10.1. The second-order valence-corrected chi connectivity index (χ2v) is 7.14. The molecule has 0 atom stereocenters. The zero-order valence-electron chi connectivity index (χ0n) is 17.2. The molecule has 0 radical (unpaired) electrons. The van der Waals surface area contributed by atoms with Gasteiger partial charge >= 0.3 is 0 Å². The SMILES string of the molecule is O=C(Cc1ccc(-c2ccccc2)cc1)NCC#CCOc1cccc2ccccc12. The number of carbonyl (C=O) groups is 1. The third kappa shape index (κ3) is 5.52. The fourth-order valence-electron chi connectivity index (χ4n) is 3.39. The molecule has 4 aromatic rings. The summed E-state index contributed by atoms with van der Waals surface area (Å²) in [5.41, 5.74) is 3.28. The average molecular weight is 405 g/mol. The number of amides is 1. The fourth-order valence-corrected chi connectivity index (χ4v) is 3.39. The molecule has 0 bridgehead atoms.